The number of nitrogens with zero attached hydrogens (tertiary/aromatic N) is 1. The third kappa shape index (κ3) is 8.53. The van der Waals surface area contributed by atoms with Gasteiger partial charge in [0.15, 0.2) is 5.91 Å². The van der Waals surface area contributed by atoms with Gasteiger partial charge in [0.1, 0.15) is 0 Å². The molecular formula is C16H24FN2O2P. The van der Waals surface area contributed by atoms with E-state index in [0.29, 0.717) is 17.0 Å². The summed E-state index contributed by atoms with van der Waals surface area (Å²) >= 11 is 0. The number of benzene rings is 1. The molecule has 0 fully saturated rings. The fourth-order valence-electron chi connectivity index (χ4n) is 1.60. The Morgan fingerprint density at radius 3 is 2.27 bits per heavy atom. The maximum absolute atomic E-state index is 12.5. The minimum atomic E-state index is -1.12. The molecule has 4 nitrogen and oxygen atoms in total. The van der Waals surface area contributed by atoms with Crippen LogP contribution in [0.2, 0.25) is 0 Å². The number of carbonyl (C=O) groups is 1. The first-order chi connectivity index (χ1) is 10.3. The Kier molecular flexibility index (Phi) is 10.0. The summed E-state index contributed by atoms with van der Waals surface area (Å²) in [6.07, 6.45) is 3.62. The van der Waals surface area contributed by atoms with Gasteiger partial charge in [-0.3, -0.25) is 4.99 Å². The topological polar surface area (TPSA) is 75.7 Å². The van der Waals surface area contributed by atoms with E-state index in [0.717, 1.165) is 12.8 Å². The Balaban J connectivity index is 0.000000409. The van der Waals surface area contributed by atoms with Crippen LogP contribution in [-0.4, -0.2) is 29.7 Å². The molecule has 22 heavy (non-hydrogen) atoms. The molecule has 2 unspecified atom stereocenters. The lowest BCUT2D eigenvalue weighted by Crippen LogP contribution is -2.07. The number of aromatic carboxylic acids is 1. The molecule has 0 spiro atoms. The molecule has 1 aromatic carbocycles. The molecule has 0 aliphatic carbocycles. The summed E-state index contributed by atoms with van der Waals surface area (Å²) in [4.78, 5) is 14.2. The molecule has 1 rings (SSSR count). The Labute approximate surface area is 133 Å². The van der Waals surface area contributed by atoms with Crippen LogP contribution in [0.1, 0.15) is 36.2 Å². The van der Waals surface area contributed by atoms with Gasteiger partial charge in [-0.2, -0.15) is 0 Å². The Morgan fingerprint density at radius 2 is 2.00 bits per heavy atom. The molecule has 3 N–H and O–H groups in total. The normalized spacial score (nSPS) is 13.1. The van der Waals surface area contributed by atoms with Crippen molar-refractivity contribution >= 4 is 20.9 Å². The van der Waals surface area contributed by atoms with Gasteiger partial charge in [0.05, 0.1) is 11.3 Å². The van der Waals surface area contributed by atoms with Gasteiger partial charge in [-0.15, -0.1) is 0 Å². The Bertz CT molecular complexity index is 521. The van der Waals surface area contributed by atoms with E-state index >= 15 is 0 Å². The molecule has 0 aliphatic rings. The molecule has 122 valence electrons. The zero-order valence-corrected chi connectivity index (χ0v) is 14.4. The van der Waals surface area contributed by atoms with Gasteiger partial charge in [-0.1, -0.05) is 34.7 Å². The second-order valence-corrected chi connectivity index (χ2v) is 5.28. The van der Waals surface area contributed by atoms with E-state index in [4.69, 9.17) is 10.8 Å². The van der Waals surface area contributed by atoms with E-state index < -0.39 is 11.9 Å². The average Bonchev–Trinajstić information content (AvgIpc) is 2.46. The van der Waals surface area contributed by atoms with Gasteiger partial charge in [0.2, 0.25) is 0 Å². The summed E-state index contributed by atoms with van der Waals surface area (Å²) in [6.45, 7) is 3.79. The van der Waals surface area contributed by atoms with Crippen molar-refractivity contribution in [3.8, 4) is 0 Å². The molecule has 0 heterocycles. The van der Waals surface area contributed by atoms with Gasteiger partial charge in [-0.05, 0) is 37.1 Å². The van der Waals surface area contributed by atoms with E-state index in [1.807, 2.05) is 21.4 Å². The molecule has 0 aromatic heterocycles. The van der Waals surface area contributed by atoms with Crippen molar-refractivity contribution in [1.82, 2.24) is 0 Å². The summed E-state index contributed by atoms with van der Waals surface area (Å²) < 4.78 is 12.5. The standard InChI is InChI=1S/C10H12O2.C6H12FN2P/c1-2-3-8-4-6-9(7-5-8)10(11)12;1-4(8)3-5(9-2)6(7)10/h4-7H,2-3H2,1H3,(H,11,12);3,6H,8,10H2,1-2H3/b;4-3+,9-5?. The average molecular weight is 326 g/mol. The third-order valence-corrected chi connectivity index (χ3v) is 3.00. The summed E-state index contributed by atoms with van der Waals surface area (Å²) in [5.41, 5.74) is 7.78. The van der Waals surface area contributed by atoms with E-state index in [2.05, 4.69) is 11.9 Å². The first-order valence-electron chi connectivity index (χ1n) is 6.94. The summed E-state index contributed by atoms with van der Waals surface area (Å²) in [5, 5.41) is 8.61. The van der Waals surface area contributed by atoms with Crippen molar-refractivity contribution in [3.63, 3.8) is 0 Å². The van der Waals surface area contributed by atoms with Crippen molar-refractivity contribution in [2.45, 2.75) is 32.6 Å². The molecule has 0 radical (unpaired) electrons. The number of allylic oxidation sites excluding steroid dienone is 2. The lowest BCUT2D eigenvalue weighted by atomic mass is 10.1. The quantitative estimate of drug-likeness (QED) is 0.643. The van der Waals surface area contributed by atoms with Crippen LogP contribution in [0.25, 0.3) is 0 Å². The number of hydrogen-bond donors (Lipinski definition) is 2. The van der Waals surface area contributed by atoms with Crippen molar-refractivity contribution in [1.29, 1.82) is 0 Å². The Morgan fingerprint density at radius 1 is 1.45 bits per heavy atom. The number of nitrogens with two attached hydrogens (primary N) is 1. The molecule has 6 heteroatoms. The number of halogens is 1. The number of aryl methyl sites for hydroxylation is 1. The van der Waals surface area contributed by atoms with E-state index in [9.17, 15) is 9.18 Å². The Hall–Kier alpha value is -1.74. The largest absolute Gasteiger partial charge is 0.478 e. The van der Waals surface area contributed by atoms with Crippen molar-refractivity contribution in [2.75, 3.05) is 7.05 Å². The molecule has 1 aromatic rings. The maximum Gasteiger partial charge on any atom is 0.335 e. The highest BCUT2D eigenvalue weighted by atomic mass is 31.0. The number of rotatable bonds is 5. The second kappa shape index (κ2) is 10.9. The zero-order chi connectivity index (χ0) is 17.1. The van der Waals surface area contributed by atoms with E-state index in [-0.39, 0.29) is 0 Å². The monoisotopic (exact) mass is 326 g/mol. The SMILES string of the molecule is CCCc1ccc(C(=O)O)cc1.CN=C(/C=C(\C)N)C(F)P. The van der Waals surface area contributed by atoms with Gasteiger partial charge < -0.3 is 10.8 Å². The summed E-state index contributed by atoms with van der Waals surface area (Å²) in [7, 11) is 3.54. The molecule has 2 atom stereocenters. The molecule has 0 saturated carbocycles. The maximum atomic E-state index is 12.5. The predicted octanol–water partition coefficient (Wildman–Crippen LogP) is 3.43. The number of carboxylic acid groups (broad SMARTS) is 1. The van der Waals surface area contributed by atoms with Gasteiger partial charge in [0.25, 0.3) is 0 Å². The molecular weight excluding hydrogens is 302 g/mol. The van der Waals surface area contributed by atoms with Crippen molar-refractivity contribution < 1.29 is 14.3 Å². The van der Waals surface area contributed by atoms with Gasteiger partial charge >= 0.3 is 5.97 Å². The molecule has 0 saturated heterocycles. The van der Waals surface area contributed by atoms with Crippen LogP contribution in [0.4, 0.5) is 4.39 Å². The second-order valence-electron chi connectivity index (χ2n) is 4.69. The minimum absolute atomic E-state index is 0.352. The van der Waals surface area contributed by atoms with E-state index in [1.165, 1.54) is 18.7 Å². The fourth-order valence-corrected chi connectivity index (χ4v) is 1.85. The fraction of sp³-hybridized carbons (Fsp3) is 0.375. The summed E-state index contributed by atoms with van der Waals surface area (Å²) in [5.74, 6) is -1.98. The minimum Gasteiger partial charge on any atom is -0.478 e. The van der Waals surface area contributed by atoms with Crippen LogP contribution >= 0.6 is 9.24 Å². The van der Waals surface area contributed by atoms with Gasteiger partial charge in [-0.25, -0.2) is 9.18 Å². The highest BCUT2D eigenvalue weighted by Gasteiger charge is 2.03. The van der Waals surface area contributed by atoms with Crippen LogP contribution in [0.5, 0.6) is 0 Å². The first-order valence-corrected chi connectivity index (χ1v) is 7.60. The molecule has 0 aliphatic heterocycles. The first kappa shape index (κ1) is 20.3. The van der Waals surface area contributed by atoms with Crippen LogP contribution in [0.3, 0.4) is 0 Å². The van der Waals surface area contributed by atoms with Crippen LogP contribution in [0, 0.1) is 0 Å². The van der Waals surface area contributed by atoms with Crippen LogP contribution in [0.15, 0.2) is 41.0 Å². The zero-order valence-electron chi connectivity index (χ0n) is 13.2. The number of carboxylic acids is 1. The predicted molar refractivity (Wildman–Crippen MR) is 93.3 cm³/mol. The lowest BCUT2D eigenvalue weighted by Gasteiger charge is -2.00. The van der Waals surface area contributed by atoms with Crippen LogP contribution in [-0.2, 0) is 6.42 Å². The molecule has 0 amide bonds. The van der Waals surface area contributed by atoms with Crippen molar-refractivity contribution in [3.05, 3.63) is 47.2 Å². The van der Waals surface area contributed by atoms with Gasteiger partial charge in [0, 0.05) is 12.7 Å². The van der Waals surface area contributed by atoms with Crippen LogP contribution < -0.4 is 5.73 Å². The third-order valence-electron chi connectivity index (χ3n) is 2.66. The highest BCUT2D eigenvalue weighted by Crippen LogP contribution is 2.06. The summed E-state index contributed by atoms with van der Waals surface area (Å²) in [6, 6.07) is 7.03. The smallest absolute Gasteiger partial charge is 0.335 e. The molecule has 0 bridgehead atoms. The van der Waals surface area contributed by atoms with Crippen molar-refractivity contribution in [2.24, 2.45) is 10.7 Å². The number of alkyl halides is 1. The lowest BCUT2D eigenvalue weighted by molar-refractivity contribution is 0.0697. The number of aliphatic imine (C=N–C) groups is 1. The van der Waals surface area contributed by atoms with E-state index in [1.54, 1.807) is 19.1 Å². The highest BCUT2D eigenvalue weighted by molar-refractivity contribution is 7.19. The number of hydrogen-bond acceptors (Lipinski definition) is 3.